The van der Waals surface area contributed by atoms with Gasteiger partial charge in [-0.05, 0) is 60.7 Å². The second-order valence-corrected chi connectivity index (χ2v) is 7.52. The standard InChI is InChI=1S/C23H15BrF6N2/c24-18-8-4-15(5-9-18)21(32-19-10-6-16(7-11-19)22(25,26)27)12-13-31-20-3-1-2-17(14-20)23(28,29)30/h1-14,31H/b13-12+,32-21?. The Kier molecular flexibility index (Phi) is 7.08. The van der Waals surface area contributed by atoms with E-state index >= 15 is 0 Å². The van der Waals surface area contributed by atoms with Crippen molar-refractivity contribution in [2.75, 3.05) is 5.32 Å². The molecule has 2 nitrogen and oxygen atoms in total. The minimum atomic E-state index is -4.46. The topological polar surface area (TPSA) is 24.4 Å². The average Bonchev–Trinajstić information content (AvgIpc) is 2.73. The number of anilines is 1. The number of benzene rings is 3. The normalized spacial score (nSPS) is 12.9. The van der Waals surface area contributed by atoms with Gasteiger partial charge < -0.3 is 5.32 Å². The van der Waals surface area contributed by atoms with Crippen LogP contribution in [0.5, 0.6) is 0 Å². The number of rotatable bonds is 5. The van der Waals surface area contributed by atoms with Crippen molar-refractivity contribution in [3.8, 4) is 0 Å². The summed E-state index contributed by atoms with van der Waals surface area (Å²) < 4.78 is 77.8. The van der Waals surface area contributed by atoms with Gasteiger partial charge in [0.05, 0.1) is 22.5 Å². The van der Waals surface area contributed by atoms with E-state index in [9.17, 15) is 26.3 Å². The van der Waals surface area contributed by atoms with E-state index in [0.717, 1.165) is 28.7 Å². The van der Waals surface area contributed by atoms with E-state index < -0.39 is 23.5 Å². The minimum absolute atomic E-state index is 0.223. The highest BCUT2D eigenvalue weighted by Crippen LogP contribution is 2.31. The summed E-state index contributed by atoms with van der Waals surface area (Å²) in [5.74, 6) is 0. The summed E-state index contributed by atoms with van der Waals surface area (Å²) in [7, 11) is 0. The van der Waals surface area contributed by atoms with Crippen molar-refractivity contribution < 1.29 is 26.3 Å². The van der Waals surface area contributed by atoms with E-state index in [1.807, 2.05) is 0 Å². The molecule has 0 spiro atoms. The molecule has 0 heterocycles. The SMILES string of the molecule is FC(F)(F)c1ccc(N=C(/C=C/Nc2cccc(C(F)(F)F)c2)c2ccc(Br)cc2)cc1. The molecule has 3 aromatic carbocycles. The van der Waals surface area contributed by atoms with Gasteiger partial charge in [0.1, 0.15) is 0 Å². The van der Waals surface area contributed by atoms with E-state index in [2.05, 4.69) is 26.2 Å². The van der Waals surface area contributed by atoms with Gasteiger partial charge in [0.15, 0.2) is 0 Å². The van der Waals surface area contributed by atoms with Gasteiger partial charge in [0.2, 0.25) is 0 Å². The quantitative estimate of drug-likeness (QED) is 0.270. The Morgan fingerprint density at radius 1 is 0.781 bits per heavy atom. The number of allylic oxidation sites excluding steroid dienone is 1. The molecule has 1 N–H and O–H groups in total. The van der Waals surface area contributed by atoms with E-state index in [0.29, 0.717) is 17.0 Å². The molecule has 0 aliphatic carbocycles. The summed E-state index contributed by atoms with van der Waals surface area (Å²) >= 11 is 3.33. The van der Waals surface area contributed by atoms with Crippen LogP contribution in [-0.2, 0) is 12.4 Å². The lowest BCUT2D eigenvalue weighted by Crippen LogP contribution is -2.05. The summed E-state index contributed by atoms with van der Waals surface area (Å²) in [4.78, 5) is 4.40. The third-order valence-electron chi connectivity index (χ3n) is 4.27. The zero-order chi connectivity index (χ0) is 23.4. The fourth-order valence-corrected chi connectivity index (χ4v) is 2.95. The molecule has 0 bridgehead atoms. The molecule has 0 aliphatic heterocycles. The van der Waals surface area contributed by atoms with Gasteiger partial charge in [0.25, 0.3) is 0 Å². The van der Waals surface area contributed by atoms with Crippen molar-refractivity contribution >= 4 is 33.0 Å². The van der Waals surface area contributed by atoms with Gasteiger partial charge in [0, 0.05) is 21.9 Å². The van der Waals surface area contributed by atoms with Crippen LogP contribution in [0.1, 0.15) is 16.7 Å². The molecule has 0 aliphatic rings. The third kappa shape index (κ3) is 6.46. The first-order valence-electron chi connectivity index (χ1n) is 9.14. The summed E-state index contributed by atoms with van der Waals surface area (Å²) in [5.41, 5.74) is -0.00169. The fourth-order valence-electron chi connectivity index (χ4n) is 2.68. The van der Waals surface area contributed by atoms with Gasteiger partial charge in [-0.1, -0.05) is 34.1 Å². The number of halogens is 7. The first kappa shape index (κ1) is 23.6. The van der Waals surface area contributed by atoms with Crippen molar-refractivity contribution in [3.05, 3.63) is 106 Å². The molecule has 0 atom stereocenters. The number of alkyl halides is 6. The summed E-state index contributed by atoms with van der Waals surface area (Å²) in [6, 6.07) is 16.1. The molecular formula is C23H15BrF6N2. The first-order chi connectivity index (χ1) is 15.0. The van der Waals surface area contributed by atoms with Crippen LogP contribution in [0.4, 0.5) is 37.7 Å². The Bertz CT molecular complexity index is 1110. The van der Waals surface area contributed by atoms with E-state index in [-0.39, 0.29) is 5.69 Å². The van der Waals surface area contributed by atoms with Gasteiger partial charge in [-0.3, -0.25) is 0 Å². The van der Waals surface area contributed by atoms with Crippen LogP contribution in [0.25, 0.3) is 0 Å². The van der Waals surface area contributed by atoms with Crippen LogP contribution in [0.3, 0.4) is 0 Å². The van der Waals surface area contributed by atoms with Crippen LogP contribution in [0, 0.1) is 0 Å². The number of nitrogens with one attached hydrogen (secondary N) is 1. The van der Waals surface area contributed by atoms with Crippen molar-refractivity contribution in [2.45, 2.75) is 12.4 Å². The van der Waals surface area contributed by atoms with Crippen molar-refractivity contribution in [1.29, 1.82) is 0 Å². The molecule has 32 heavy (non-hydrogen) atoms. The van der Waals surface area contributed by atoms with Crippen LogP contribution >= 0.6 is 15.9 Å². The average molecular weight is 513 g/mol. The predicted molar refractivity (Wildman–Crippen MR) is 116 cm³/mol. The van der Waals surface area contributed by atoms with Gasteiger partial charge in [-0.15, -0.1) is 0 Å². The number of hydrogen-bond donors (Lipinski definition) is 1. The second-order valence-electron chi connectivity index (χ2n) is 6.60. The summed E-state index contributed by atoms with van der Waals surface area (Å²) in [5, 5.41) is 2.76. The summed E-state index contributed by atoms with van der Waals surface area (Å²) in [6.07, 6.45) is -5.97. The van der Waals surface area contributed by atoms with Crippen LogP contribution in [-0.4, -0.2) is 5.71 Å². The molecule has 3 aromatic rings. The van der Waals surface area contributed by atoms with E-state index in [4.69, 9.17) is 0 Å². The maximum atomic E-state index is 12.9. The third-order valence-corrected chi connectivity index (χ3v) is 4.79. The molecule has 3 rings (SSSR count). The van der Waals surface area contributed by atoms with Crippen molar-refractivity contribution in [3.63, 3.8) is 0 Å². The number of hydrogen-bond acceptors (Lipinski definition) is 2. The lowest BCUT2D eigenvalue weighted by molar-refractivity contribution is -0.138. The number of aliphatic imine (C=N–C) groups is 1. The van der Waals surface area contributed by atoms with Crippen LogP contribution in [0.15, 0.2) is 94.5 Å². The molecule has 0 fully saturated rings. The van der Waals surface area contributed by atoms with Gasteiger partial charge in [-0.25, -0.2) is 4.99 Å². The minimum Gasteiger partial charge on any atom is -0.362 e. The van der Waals surface area contributed by atoms with Crippen molar-refractivity contribution in [2.24, 2.45) is 4.99 Å². The molecule has 0 unspecified atom stereocenters. The van der Waals surface area contributed by atoms with E-state index in [1.165, 1.54) is 36.5 Å². The van der Waals surface area contributed by atoms with E-state index in [1.54, 1.807) is 24.3 Å². The highest BCUT2D eigenvalue weighted by Gasteiger charge is 2.30. The molecule has 166 valence electrons. The Labute approximate surface area is 188 Å². The zero-order valence-electron chi connectivity index (χ0n) is 16.2. The maximum absolute atomic E-state index is 12.9. The monoisotopic (exact) mass is 512 g/mol. The molecule has 0 amide bonds. The lowest BCUT2D eigenvalue weighted by atomic mass is 10.1. The Morgan fingerprint density at radius 3 is 2.00 bits per heavy atom. The van der Waals surface area contributed by atoms with Crippen molar-refractivity contribution in [1.82, 2.24) is 0 Å². The molecule has 0 aromatic heterocycles. The summed E-state index contributed by atoms with van der Waals surface area (Å²) in [6.45, 7) is 0. The Balaban J connectivity index is 1.88. The van der Waals surface area contributed by atoms with Gasteiger partial charge in [-0.2, -0.15) is 26.3 Å². The molecule has 0 saturated heterocycles. The van der Waals surface area contributed by atoms with Crippen LogP contribution in [0.2, 0.25) is 0 Å². The lowest BCUT2D eigenvalue weighted by Gasteiger charge is -2.09. The highest BCUT2D eigenvalue weighted by molar-refractivity contribution is 9.10. The smallest absolute Gasteiger partial charge is 0.362 e. The maximum Gasteiger partial charge on any atom is 0.416 e. The first-order valence-corrected chi connectivity index (χ1v) is 9.94. The van der Waals surface area contributed by atoms with Gasteiger partial charge >= 0.3 is 12.4 Å². The fraction of sp³-hybridized carbons (Fsp3) is 0.0870. The molecular weight excluding hydrogens is 498 g/mol. The molecule has 9 heteroatoms. The largest absolute Gasteiger partial charge is 0.416 e. The number of nitrogens with zero attached hydrogens (tertiary/aromatic N) is 1. The zero-order valence-corrected chi connectivity index (χ0v) is 17.8. The van der Waals surface area contributed by atoms with Crippen LogP contribution < -0.4 is 5.32 Å². The molecule has 0 radical (unpaired) electrons. The Morgan fingerprint density at radius 2 is 1.41 bits per heavy atom. The Hall–Kier alpha value is -3.07. The highest BCUT2D eigenvalue weighted by atomic mass is 79.9. The predicted octanol–water partition coefficient (Wildman–Crippen LogP) is 8.23. The molecule has 0 saturated carbocycles. The second kappa shape index (κ2) is 9.60.